The van der Waals surface area contributed by atoms with Gasteiger partial charge in [0.25, 0.3) is 0 Å². The number of ether oxygens (including phenoxy) is 1. The summed E-state index contributed by atoms with van der Waals surface area (Å²) in [5, 5.41) is 8.95. The van der Waals surface area contributed by atoms with E-state index < -0.39 is 0 Å². The summed E-state index contributed by atoms with van der Waals surface area (Å²) >= 11 is 0. The molecule has 0 heterocycles. The van der Waals surface area contributed by atoms with E-state index in [1.807, 2.05) is 19.9 Å². The summed E-state index contributed by atoms with van der Waals surface area (Å²) < 4.78 is 18.6. The molecule has 0 saturated heterocycles. The molecule has 0 bridgehead atoms. The lowest BCUT2D eigenvalue weighted by atomic mass is 10.1. The highest BCUT2D eigenvalue weighted by atomic mass is 127. The third-order valence-electron chi connectivity index (χ3n) is 3.40. The van der Waals surface area contributed by atoms with E-state index in [1.165, 1.54) is 6.07 Å². The van der Waals surface area contributed by atoms with E-state index in [1.54, 1.807) is 20.1 Å². The Morgan fingerprint density at radius 3 is 2.68 bits per heavy atom. The first-order valence-corrected chi connectivity index (χ1v) is 8.04. The second-order valence-electron chi connectivity index (χ2n) is 5.41. The molecule has 0 aromatic heterocycles. The van der Waals surface area contributed by atoms with Crippen LogP contribution in [0.4, 0.5) is 4.39 Å². The summed E-state index contributed by atoms with van der Waals surface area (Å²) in [5.41, 5.74) is 1.42. The number of benzene rings is 1. The Morgan fingerprint density at radius 2 is 2.08 bits per heavy atom. The van der Waals surface area contributed by atoms with Crippen molar-refractivity contribution in [3.8, 4) is 0 Å². The number of carbonyl (C=O) groups is 1. The van der Waals surface area contributed by atoms with Gasteiger partial charge in [0, 0.05) is 20.2 Å². The van der Waals surface area contributed by atoms with Gasteiger partial charge in [-0.3, -0.25) is 4.79 Å². The number of carbonyl (C=O) groups excluding carboxylic acids is 1. The molecule has 6 nitrogen and oxygen atoms in total. The normalized spacial score (nSPS) is 12.1. The first-order valence-electron chi connectivity index (χ1n) is 8.04. The predicted octanol–water partition coefficient (Wildman–Crippen LogP) is 2.13. The van der Waals surface area contributed by atoms with Gasteiger partial charge in [-0.05, 0) is 38.0 Å². The van der Waals surface area contributed by atoms with Crippen molar-refractivity contribution in [3.63, 3.8) is 0 Å². The van der Waals surface area contributed by atoms with Crippen molar-refractivity contribution in [2.75, 3.05) is 33.4 Å². The van der Waals surface area contributed by atoms with Crippen molar-refractivity contribution in [1.29, 1.82) is 0 Å². The van der Waals surface area contributed by atoms with E-state index in [9.17, 15) is 9.18 Å². The average molecular weight is 466 g/mol. The molecule has 0 aliphatic heterocycles. The maximum Gasteiger partial charge on any atom is 0.241 e. The van der Waals surface area contributed by atoms with Gasteiger partial charge in [-0.1, -0.05) is 12.1 Å². The lowest BCUT2D eigenvalue weighted by Gasteiger charge is -2.18. The molecule has 1 unspecified atom stereocenters. The molecular formula is C17H28FIN4O2. The third kappa shape index (κ3) is 9.01. The van der Waals surface area contributed by atoms with Crippen molar-refractivity contribution in [3.05, 3.63) is 35.1 Å². The zero-order valence-corrected chi connectivity index (χ0v) is 17.5. The number of nitrogens with one attached hydrogen (secondary N) is 3. The van der Waals surface area contributed by atoms with Crippen LogP contribution in [0, 0.1) is 12.7 Å². The molecule has 142 valence electrons. The molecule has 0 fully saturated rings. The first-order chi connectivity index (χ1) is 11.5. The second kappa shape index (κ2) is 12.9. The first kappa shape index (κ1) is 23.6. The molecule has 3 N–H and O–H groups in total. The van der Waals surface area contributed by atoms with Crippen LogP contribution >= 0.6 is 24.0 Å². The van der Waals surface area contributed by atoms with E-state index in [2.05, 4.69) is 20.9 Å². The molecule has 0 saturated carbocycles. The van der Waals surface area contributed by atoms with E-state index in [0.717, 1.165) is 5.56 Å². The second-order valence-corrected chi connectivity index (χ2v) is 5.41. The smallest absolute Gasteiger partial charge is 0.241 e. The Bertz CT molecular complexity index is 570. The highest BCUT2D eigenvalue weighted by molar-refractivity contribution is 14.0. The van der Waals surface area contributed by atoms with Crippen LogP contribution < -0.4 is 16.0 Å². The number of aryl methyl sites for hydroxylation is 1. The molecule has 1 aromatic carbocycles. The van der Waals surface area contributed by atoms with Crippen LogP contribution in [0.3, 0.4) is 0 Å². The molecule has 0 aliphatic carbocycles. The van der Waals surface area contributed by atoms with Gasteiger partial charge in [0.15, 0.2) is 5.96 Å². The van der Waals surface area contributed by atoms with Gasteiger partial charge in [-0.2, -0.15) is 0 Å². The average Bonchev–Trinajstić information content (AvgIpc) is 2.55. The topological polar surface area (TPSA) is 74.8 Å². The number of halogens is 2. The largest absolute Gasteiger partial charge is 0.383 e. The Morgan fingerprint density at radius 1 is 1.36 bits per heavy atom. The predicted molar refractivity (Wildman–Crippen MR) is 109 cm³/mol. The van der Waals surface area contributed by atoms with Crippen molar-refractivity contribution in [1.82, 2.24) is 16.0 Å². The van der Waals surface area contributed by atoms with Gasteiger partial charge in [0.2, 0.25) is 5.91 Å². The van der Waals surface area contributed by atoms with Crippen molar-refractivity contribution in [2.24, 2.45) is 4.99 Å². The van der Waals surface area contributed by atoms with Gasteiger partial charge in [-0.15, -0.1) is 24.0 Å². The SMILES string of the molecule is CCNC(=NCC(=O)NCCOC)NC(C)c1ccc(C)c(F)c1.I. The highest BCUT2D eigenvalue weighted by Gasteiger charge is 2.10. The van der Waals surface area contributed by atoms with Crippen LogP contribution in [-0.2, 0) is 9.53 Å². The van der Waals surface area contributed by atoms with Crippen molar-refractivity contribution >= 4 is 35.8 Å². The number of rotatable bonds is 8. The number of amides is 1. The van der Waals surface area contributed by atoms with Gasteiger partial charge in [0.1, 0.15) is 12.4 Å². The van der Waals surface area contributed by atoms with E-state index in [-0.39, 0.29) is 48.3 Å². The van der Waals surface area contributed by atoms with E-state index >= 15 is 0 Å². The molecule has 1 rings (SSSR count). The van der Waals surface area contributed by atoms with Crippen LogP contribution in [0.2, 0.25) is 0 Å². The fraction of sp³-hybridized carbons (Fsp3) is 0.529. The molecule has 1 aromatic rings. The zero-order chi connectivity index (χ0) is 17.9. The monoisotopic (exact) mass is 466 g/mol. The summed E-state index contributed by atoms with van der Waals surface area (Å²) in [6.07, 6.45) is 0. The van der Waals surface area contributed by atoms with Crippen molar-refractivity contribution in [2.45, 2.75) is 26.8 Å². The van der Waals surface area contributed by atoms with Crippen LogP contribution in [-0.4, -0.2) is 45.2 Å². The van der Waals surface area contributed by atoms with Gasteiger partial charge < -0.3 is 20.7 Å². The maximum absolute atomic E-state index is 13.7. The minimum Gasteiger partial charge on any atom is -0.383 e. The molecule has 25 heavy (non-hydrogen) atoms. The summed E-state index contributed by atoms with van der Waals surface area (Å²) in [4.78, 5) is 15.9. The number of hydrogen-bond donors (Lipinski definition) is 3. The number of aliphatic imine (C=N–C) groups is 1. The number of guanidine groups is 1. The molecule has 8 heteroatoms. The standard InChI is InChI=1S/C17H27FN4O2.HI/c1-5-19-17(21-11-16(23)20-8-9-24-4)22-13(3)14-7-6-12(2)15(18)10-14;/h6-7,10,13H,5,8-9,11H2,1-4H3,(H,20,23)(H2,19,21,22);1H. The zero-order valence-electron chi connectivity index (χ0n) is 15.2. The maximum atomic E-state index is 13.7. The molecule has 1 atom stereocenters. The lowest BCUT2D eigenvalue weighted by molar-refractivity contribution is -0.119. The van der Waals surface area contributed by atoms with Crippen molar-refractivity contribution < 1.29 is 13.9 Å². The Balaban J connectivity index is 0.00000576. The summed E-state index contributed by atoms with van der Waals surface area (Å²) in [7, 11) is 1.58. The van der Waals surface area contributed by atoms with E-state index in [4.69, 9.17) is 4.74 Å². The minimum atomic E-state index is -0.236. The third-order valence-corrected chi connectivity index (χ3v) is 3.40. The molecule has 1 amide bonds. The number of nitrogens with zero attached hydrogens (tertiary/aromatic N) is 1. The Labute approximate surface area is 166 Å². The van der Waals surface area contributed by atoms with Crippen LogP contribution in [0.5, 0.6) is 0 Å². The highest BCUT2D eigenvalue weighted by Crippen LogP contribution is 2.16. The molecular weight excluding hydrogens is 438 g/mol. The molecule has 0 aliphatic rings. The van der Waals surface area contributed by atoms with Crippen LogP contribution in [0.25, 0.3) is 0 Å². The van der Waals surface area contributed by atoms with Gasteiger partial charge >= 0.3 is 0 Å². The number of methoxy groups -OCH3 is 1. The summed E-state index contributed by atoms with van der Waals surface area (Å²) in [6.45, 7) is 7.16. The molecule has 0 spiro atoms. The van der Waals surface area contributed by atoms with Gasteiger partial charge in [0.05, 0.1) is 12.6 Å². The summed E-state index contributed by atoms with van der Waals surface area (Å²) in [5.74, 6) is 0.0896. The Kier molecular flexibility index (Phi) is 12.1. The fourth-order valence-electron chi connectivity index (χ4n) is 1.99. The van der Waals surface area contributed by atoms with E-state index in [0.29, 0.717) is 31.2 Å². The summed E-state index contributed by atoms with van der Waals surface area (Å²) in [6, 6.07) is 4.98. The number of hydrogen-bond acceptors (Lipinski definition) is 3. The van der Waals surface area contributed by atoms with Crippen LogP contribution in [0.15, 0.2) is 23.2 Å². The minimum absolute atomic E-state index is 0. The Hall–Kier alpha value is -1.42. The quantitative estimate of drug-likeness (QED) is 0.238. The van der Waals surface area contributed by atoms with Crippen LogP contribution in [0.1, 0.15) is 31.0 Å². The fourth-order valence-corrected chi connectivity index (χ4v) is 1.99. The van der Waals surface area contributed by atoms with Gasteiger partial charge in [-0.25, -0.2) is 9.38 Å². The molecule has 0 radical (unpaired) electrons. The lowest BCUT2D eigenvalue weighted by Crippen LogP contribution is -2.40.